The molecular weight excluding hydrogens is 375 g/mol. The van der Waals surface area contributed by atoms with Crippen LogP contribution in [0.3, 0.4) is 0 Å². The highest BCUT2D eigenvalue weighted by Gasteiger charge is 2.31. The van der Waals surface area contributed by atoms with Gasteiger partial charge in [-0.25, -0.2) is 0 Å². The Bertz CT molecular complexity index is 997. The summed E-state index contributed by atoms with van der Waals surface area (Å²) in [5, 5.41) is 3.29. The summed E-state index contributed by atoms with van der Waals surface area (Å²) in [5.41, 5.74) is 1.56. The molecule has 0 saturated carbocycles. The number of halogens is 3. The maximum absolute atomic E-state index is 12.7. The number of nitrogens with one attached hydrogen (secondary N) is 1. The predicted molar refractivity (Wildman–Crippen MR) is 96.3 cm³/mol. The van der Waals surface area contributed by atoms with Gasteiger partial charge in [-0.2, -0.15) is 0 Å². The van der Waals surface area contributed by atoms with Crippen molar-refractivity contribution in [2.24, 2.45) is 7.05 Å². The lowest BCUT2D eigenvalue weighted by atomic mass is 10.2. The molecule has 1 N–H and O–H groups in total. The Labute approximate surface area is 158 Å². The Morgan fingerprint density at radius 1 is 1.18 bits per heavy atom. The monoisotopic (exact) mass is 393 g/mol. The quantitative estimate of drug-likeness (QED) is 0.712. The van der Waals surface area contributed by atoms with E-state index >= 15 is 0 Å². The molecule has 1 aromatic carbocycles. The molecule has 1 amide bonds. The molecule has 0 spiro atoms. The zero-order valence-electron chi connectivity index (χ0n) is 15.4. The summed E-state index contributed by atoms with van der Waals surface area (Å²) in [6, 6.07) is 8.55. The van der Waals surface area contributed by atoms with Crippen LogP contribution in [0.15, 0.2) is 42.6 Å². The van der Waals surface area contributed by atoms with Crippen molar-refractivity contribution in [1.82, 2.24) is 14.9 Å². The van der Waals surface area contributed by atoms with Crippen molar-refractivity contribution in [1.29, 1.82) is 0 Å². The van der Waals surface area contributed by atoms with E-state index in [-0.39, 0.29) is 17.7 Å². The number of ether oxygens (including phenoxy) is 2. The largest absolute Gasteiger partial charge is 0.573 e. The number of benzene rings is 1. The third-order valence-corrected chi connectivity index (χ3v) is 4.27. The number of aryl methyl sites for hydroxylation is 1. The van der Waals surface area contributed by atoms with E-state index in [1.807, 2.05) is 0 Å². The standard InChI is InChI=1S/C19H18F3N3O3/c1-11(15-6-4-14(27-3)10-23-15)24-18(26)17-9-12-8-13(28-19(20,21)22)5-7-16(12)25(17)2/h4-11H,1-3H3,(H,24,26). The fourth-order valence-electron chi connectivity index (χ4n) is 2.86. The van der Waals surface area contributed by atoms with Gasteiger partial charge in [0, 0.05) is 18.0 Å². The van der Waals surface area contributed by atoms with Gasteiger partial charge >= 0.3 is 6.36 Å². The Morgan fingerprint density at radius 2 is 1.89 bits per heavy atom. The van der Waals surface area contributed by atoms with Gasteiger partial charge in [0.2, 0.25) is 0 Å². The number of alkyl halides is 3. The van der Waals surface area contributed by atoms with Crippen molar-refractivity contribution in [2.45, 2.75) is 19.3 Å². The van der Waals surface area contributed by atoms with E-state index < -0.39 is 6.36 Å². The highest BCUT2D eigenvalue weighted by molar-refractivity contribution is 5.99. The summed E-state index contributed by atoms with van der Waals surface area (Å²) in [5.74, 6) is -0.108. The van der Waals surface area contributed by atoms with Crippen molar-refractivity contribution < 1.29 is 27.4 Å². The third kappa shape index (κ3) is 4.19. The number of pyridine rings is 1. The fraction of sp³-hybridized carbons (Fsp3) is 0.263. The van der Waals surface area contributed by atoms with Crippen LogP contribution in [-0.4, -0.2) is 28.9 Å². The van der Waals surface area contributed by atoms with Crippen LogP contribution in [0, 0.1) is 0 Å². The average molecular weight is 393 g/mol. The molecule has 0 bridgehead atoms. The number of carbonyl (C=O) groups excluding carboxylic acids is 1. The Hall–Kier alpha value is -3.23. The van der Waals surface area contributed by atoms with E-state index in [2.05, 4.69) is 15.0 Å². The number of carbonyl (C=O) groups is 1. The Balaban J connectivity index is 1.81. The van der Waals surface area contributed by atoms with Gasteiger partial charge in [0.15, 0.2) is 0 Å². The maximum Gasteiger partial charge on any atom is 0.573 e. The minimum absolute atomic E-state index is 0.305. The van der Waals surface area contributed by atoms with E-state index in [9.17, 15) is 18.0 Å². The Morgan fingerprint density at radius 3 is 2.50 bits per heavy atom. The highest BCUT2D eigenvalue weighted by atomic mass is 19.4. The summed E-state index contributed by atoms with van der Waals surface area (Å²) in [6.07, 6.45) is -3.22. The summed E-state index contributed by atoms with van der Waals surface area (Å²) < 4.78 is 47.8. The van der Waals surface area contributed by atoms with Crippen molar-refractivity contribution in [3.63, 3.8) is 0 Å². The molecule has 2 aromatic heterocycles. The molecule has 6 nitrogen and oxygen atoms in total. The number of fused-ring (bicyclic) bond motifs is 1. The minimum Gasteiger partial charge on any atom is -0.495 e. The number of aromatic nitrogens is 2. The van der Waals surface area contributed by atoms with Gasteiger partial charge in [-0.05, 0) is 43.3 Å². The number of amides is 1. The van der Waals surface area contributed by atoms with E-state index in [1.165, 1.54) is 31.4 Å². The average Bonchev–Trinajstić information content (AvgIpc) is 2.96. The summed E-state index contributed by atoms with van der Waals surface area (Å²) in [7, 11) is 3.20. The van der Waals surface area contributed by atoms with Gasteiger partial charge in [-0.15, -0.1) is 13.2 Å². The van der Waals surface area contributed by atoms with E-state index in [4.69, 9.17) is 4.74 Å². The topological polar surface area (TPSA) is 65.4 Å². The van der Waals surface area contributed by atoms with Gasteiger partial charge in [0.05, 0.1) is 25.0 Å². The zero-order valence-corrected chi connectivity index (χ0v) is 15.4. The van der Waals surface area contributed by atoms with Crippen LogP contribution in [-0.2, 0) is 7.05 Å². The molecule has 0 aliphatic carbocycles. The highest BCUT2D eigenvalue weighted by Crippen LogP contribution is 2.28. The van der Waals surface area contributed by atoms with Crippen LogP contribution in [0.4, 0.5) is 13.2 Å². The second kappa shape index (κ2) is 7.41. The number of hydrogen-bond acceptors (Lipinski definition) is 4. The molecule has 28 heavy (non-hydrogen) atoms. The zero-order chi connectivity index (χ0) is 20.5. The normalized spacial score (nSPS) is 12.6. The predicted octanol–water partition coefficient (Wildman–Crippen LogP) is 3.97. The molecule has 0 aliphatic rings. The van der Waals surface area contributed by atoms with E-state index in [1.54, 1.807) is 36.9 Å². The second-order valence-corrected chi connectivity index (χ2v) is 6.18. The molecule has 9 heteroatoms. The maximum atomic E-state index is 12.7. The van der Waals surface area contributed by atoms with Gasteiger partial charge in [0.25, 0.3) is 5.91 Å². The third-order valence-electron chi connectivity index (χ3n) is 4.27. The lowest BCUT2D eigenvalue weighted by molar-refractivity contribution is -0.274. The molecule has 1 unspecified atom stereocenters. The molecule has 3 aromatic rings. The number of hydrogen-bond donors (Lipinski definition) is 1. The SMILES string of the molecule is COc1ccc(C(C)NC(=O)c2cc3cc(OC(F)(F)F)ccc3n2C)nc1. The smallest absolute Gasteiger partial charge is 0.495 e. The molecule has 0 aliphatic heterocycles. The molecule has 3 rings (SSSR count). The van der Waals surface area contributed by atoms with Crippen molar-refractivity contribution in [3.8, 4) is 11.5 Å². The summed E-state index contributed by atoms with van der Waals surface area (Å²) >= 11 is 0. The van der Waals surface area contributed by atoms with E-state index in [0.717, 1.165) is 0 Å². The van der Waals surface area contributed by atoms with Crippen LogP contribution >= 0.6 is 0 Å². The van der Waals surface area contributed by atoms with Crippen LogP contribution in [0.2, 0.25) is 0 Å². The first-order chi connectivity index (χ1) is 13.2. The Kier molecular flexibility index (Phi) is 5.17. The molecule has 0 saturated heterocycles. The first-order valence-electron chi connectivity index (χ1n) is 8.34. The minimum atomic E-state index is -4.77. The van der Waals surface area contributed by atoms with Gasteiger partial charge < -0.3 is 19.4 Å². The number of methoxy groups -OCH3 is 1. The molecule has 1 atom stereocenters. The van der Waals surface area contributed by atoms with Crippen molar-refractivity contribution in [3.05, 3.63) is 54.0 Å². The van der Waals surface area contributed by atoms with Crippen molar-refractivity contribution >= 4 is 16.8 Å². The summed E-state index contributed by atoms with van der Waals surface area (Å²) in [4.78, 5) is 16.9. The first-order valence-corrected chi connectivity index (χ1v) is 8.34. The fourth-order valence-corrected chi connectivity index (χ4v) is 2.86. The lowest BCUT2D eigenvalue weighted by Gasteiger charge is -2.14. The van der Waals surface area contributed by atoms with Gasteiger partial charge in [-0.3, -0.25) is 9.78 Å². The molecule has 0 radical (unpaired) electrons. The molecular formula is C19H18F3N3O3. The van der Waals surface area contributed by atoms with Crippen LogP contribution < -0.4 is 14.8 Å². The second-order valence-electron chi connectivity index (χ2n) is 6.18. The van der Waals surface area contributed by atoms with Crippen LogP contribution in [0.1, 0.15) is 29.1 Å². The van der Waals surface area contributed by atoms with Gasteiger partial charge in [0.1, 0.15) is 17.2 Å². The molecule has 0 fully saturated rings. The number of nitrogens with zero attached hydrogens (tertiary/aromatic N) is 2. The first kappa shape index (κ1) is 19.5. The number of rotatable bonds is 5. The van der Waals surface area contributed by atoms with Gasteiger partial charge in [-0.1, -0.05) is 0 Å². The van der Waals surface area contributed by atoms with E-state index in [0.29, 0.717) is 28.0 Å². The molecule has 2 heterocycles. The molecule has 148 valence electrons. The van der Waals surface area contributed by atoms with Crippen LogP contribution in [0.25, 0.3) is 10.9 Å². The lowest BCUT2D eigenvalue weighted by Crippen LogP contribution is -2.28. The van der Waals surface area contributed by atoms with Crippen molar-refractivity contribution in [2.75, 3.05) is 7.11 Å². The summed E-state index contributed by atoms with van der Waals surface area (Å²) in [6.45, 7) is 1.78. The van der Waals surface area contributed by atoms with Crippen LogP contribution in [0.5, 0.6) is 11.5 Å².